The number of esters is 1. The number of nitrogens with zero attached hydrogens (tertiary/aromatic N) is 1. The molecule has 15 heavy (non-hydrogen) atoms. The Hall–Kier alpha value is -0.910. The largest absolute Gasteiger partial charge is 0.462 e. The molecule has 1 saturated heterocycles. The Labute approximate surface area is 90.6 Å². The van der Waals surface area contributed by atoms with Gasteiger partial charge < -0.3 is 15.6 Å². The molecule has 5 nitrogen and oxygen atoms in total. The molecule has 5 heteroatoms. The van der Waals surface area contributed by atoms with Gasteiger partial charge in [-0.1, -0.05) is 6.58 Å². The maximum absolute atomic E-state index is 10.7. The van der Waals surface area contributed by atoms with Gasteiger partial charge in [0.05, 0.1) is 19.8 Å². The third-order valence-electron chi connectivity index (χ3n) is 2.38. The van der Waals surface area contributed by atoms with Gasteiger partial charge in [-0.15, -0.1) is 0 Å². The Bertz CT molecular complexity index is 209. The maximum Gasteiger partial charge on any atom is 0.330 e. The van der Waals surface area contributed by atoms with Gasteiger partial charge in [0.15, 0.2) is 0 Å². The summed E-state index contributed by atoms with van der Waals surface area (Å²) in [7, 11) is 2.06. The molecule has 0 bridgehead atoms. The third kappa shape index (κ3) is 4.92. The van der Waals surface area contributed by atoms with Crippen LogP contribution in [0, 0.1) is 0 Å². The molecule has 1 aliphatic heterocycles. The van der Waals surface area contributed by atoms with Crippen molar-refractivity contribution in [3.8, 4) is 0 Å². The minimum absolute atomic E-state index is 0. The number of morpholine rings is 1. The minimum atomic E-state index is -0.357. The Balaban J connectivity index is 0.00000196. The molecule has 0 aromatic carbocycles. The molecule has 0 radical (unpaired) electrons. The normalized spacial score (nSPS) is 21.5. The molecule has 1 heterocycles. The van der Waals surface area contributed by atoms with Crippen molar-refractivity contribution in [3.63, 3.8) is 0 Å². The molecule has 1 rings (SSSR count). The van der Waals surface area contributed by atoms with Crippen molar-refractivity contribution >= 4 is 5.97 Å². The van der Waals surface area contributed by atoms with Crippen molar-refractivity contribution in [1.82, 2.24) is 11.1 Å². The SMILES string of the molecule is C=CC(=O)OCCC1COCCN1C.N. The van der Waals surface area contributed by atoms with Gasteiger partial charge in [0, 0.05) is 18.7 Å². The number of likely N-dealkylation sites (N-methyl/N-ethyl adjacent to an activating group) is 1. The van der Waals surface area contributed by atoms with Crippen LogP contribution in [0.1, 0.15) is 6.42 Å². The molecule has 1 unspecified atom stereocenters. The summed E-state index contributed by atoms with van der Waals surface area (Å²) in [5, 5.41) is 0. The van der Waals surface area contributed by atoms with E-state index < -0.39 is 0 Å². The topological polar surface area (TPSA) is 73.8 Å². The van der Waals surface area contributed by atoms with E-state index >= 15 is 0 Å². The summed E-state index contributed by atoms with van der Waals surface area (Å²) in [6.45, 7) is 6.23. The number of carbonyl (C=O) groups excluding carboxylic acids is 1. The first kappa shape index (κ1) is 14.1. The highest BCUT2D eigenvalue weighted by atomic mass is 16.5. The molecule has 1 atom stereocenters. The average molecular weight is 216 g/mol. The van der Waals surface area contributed by atoms with Gasteiger partial charge in [0.2, 0.25) is 0 Å². The molecule has 0 aromatic rings. The standard InChI is InChI=1S/C10H17NO3.H3N/c1-3-10(12)14-6-4-9-8-13-7-5-11(9)2;/h3,9H,1,4-8H2,2H3;1H3. The lowest BCUT2D eigenvalue weighted by atomic mass is 10.2. The molecule has 0 saturated carbocycles. The Morgan fingerprint density at radius 3 is 3.07 bits per heavy atom. The molecule has 0 spiro atoms. The van der Waals surface area contributed by atoms with Gasteiger partial charge in [-0.3, -0.25) is 4.90 Å². The zero-order valence-electron chi connectivity index (χ0n) is 9.28. The second kappa shape index (κ2) is 7.39. The highest BCUT2D eigenvalue weighted by Crippen LogP contribution is 2.07. The number of hydrogen-bond donors (Lipinski definition) is 1. The highest BCUT2D eigenvalue weighted by molar-refractivity contribution is 5.81. The summed E-state index contributed by atoms with van der Waals surface area (Å²) in [5.74, 6) is -0.357. The van der Waals surface area contributed by atoms with E-state index in [0.717, 1.165) is 26.2 Å². The van der Waals surface area contributed by atoms with Crippen LogP contribution in [0.15, 0.2) is 12.7 Å². The van der Waals surface area contributed by atoms with Crippen LogP contribution in [0.3, 0.4) is 0 Å². The van der Waals surface area contributed by atoms with Crippen LogP contribution < -0.4 is 6.15 Å². The van der Waals surface area contributed by atoms with Gasteiger partial charge in [0.25, 0.3) is 0 Å². The lowest BCUT2D eigenvalue weighted by Crippen LogP contribution is -2.43. The van der Waals surface area contributed by atoms with Crippen molar-refractivity contribution < 1.29 is 14.3 Å². The molecule has 0 aliphatic carbocycles. The lowest BCUT2D eigenvalue weighted by Gasteiger charge is -2.32. The molecule has 1 fully saturated rings. The van der Waals surface area contributed by atoms with Crippen molar-refractivity contribution in [3.05, 3.63) is 12.7 Å². The van der Waals surface area contributed by atoms with Crippen LogP contribution in [0.4, 0.5) is 0 Å². The van der Waals surface area contributed by atoms with E-state index in [1.807, 2.05) is 0 Å². The van der Waals surface area contributed by atoms with Crippen LogP contribution in [0.2, 0.25) is 0 Å². The van der Waals surface area contributed by atoms with Crippen LogP contribution in [-0.4, -0.2) is 50.3 Å². The van der Waals surface area contributed by atoms with Crippen LogP contribution in [0.25, 0.3) is 0 Å². The summed E-state index contributed by atoms with van der Waals surface area (Å²) >= 11 is 0. The fraction of sp³-hybridized carbons (Fsp3) is 0.700. The maximum atomic E-state index is 10.7. The summed E-state index contributed by atoms with van der Waals surface area (Å²) < 4.78 is 10.2. The fourth-order valence-electron chi connectivity index (χ4n) is 1.40. The predicted octanol–water partition coefficient (Wildman–Crippen LogP) is 0.598. The Morgan fingerprint density at radius 1 is 1.73 bits per heavy atom. The third-order valence-corrected chi connectivity index (χ3v) is 2.38. The van der Waals surface area contributed by atoms with Crippen LogP contribution in [0.5, 0.6) is 0 Å². The molecule has 88 valence electrons. The molecule has 1 aliphatic rings. The highest BCUT2D eigenvalue weighted by Gasteiger charge is 2.19. The molecule has 0 amide bonds. The van der Waals surface area contributed by atoms with Crippen LogP contribution in [-0.2, 0) is 14.3 Å². The Morgan fingerprint density at radius 2 is 2.47 bits per heavy atom. The monoisotopic (exact) mass is 216 g/mol. The van der Waals surface area contributed by atoms with Crippen molar-refractivity contribution in [2.45, 2.75) is 12.5 Å². The van der Waals surface area contributed by atoms with E-state index in [-0.39, 0.29) is 12.1 Å². The van der Waals surface area contributed by atoms with Crippen molar-refractivity contribution in [1.29, 1.82) is 0 Å². The molecule has 3 N–H and O–H groups in total. The van der Waals surface area contributed by atoms with Gasteiger partial charge in [-0.2, -0.15) is 0 Å². The molecular formula is C10H20N2O3. The van der Waals surface area contributed by atoms with Gasteiger partial charge in [-0.05, 0) is 13.5 Å². The van der Waals surface area contributed by atoms with Crippen molar-refractivity contribution in [2.75, 3.05) is 33.4 Å². The Kier molecular flexibility index (Phi) is 6.94. The van der Waals surface area contributed by atoms with Crippen molar-refractivity contribution in [2.24, 2.45) is 0 Å². The summed E-state index contributed by atoms with van der Waals surface area (Å²) in [6, 6.07) is 0.362. The van der Waals surface area contributed by atoms with E-state index in [0.29, 0.717) is 12.6 Å². The zero-order valence-corrected chi connectivity index (χ0v) is 9.28. The second-order valence-corrected chi connectivity index (χ2v) is 3.37. The summed E-state index contributed by atoms with van der Waals surface area (Å²) in [5.41, 5.74) is 0. The summed E-state index contributed by atoms with van der Waals surface area (Å²) in [4.78, 5) is 13.0. The summed E-state index contributed by atoms with van der Waals surface area (Å²) in [6.07, 6.45) is 2.00. The van der Waals surface area contributed by atoms with E-state index in [2.05, 4.69) is 18.5 Å². The van der Waals surface area contributed by atoms with E-state index in [9.17, 15) is 4.79 Å². The van der Waals surface area contributed by atoms with Gasteiger partial charge in [-0.25, -0.2) is 4.79 Å². The zero-order chi connectivity index (χ0) is 10.4. The predicted molar refractivity (Wildman–Crippen MR) is 58.0 cm³/mol. The lowest BCUT2D eigenvalue weighted by molar-refractivity contribution is -0.138. The quantitative estimate of drug-likeness (QED) is 0.550. The number of carbonyl (C=O) groups is 1. The van der Waals surface area contributed by atoms with Gasteiger partial charge in [0.1, 0.15) is 0 Å². The molecule has 0 aromatic heterocycles. The van der Waals surface area contributed by atoms with Gasteiger partial charge >= 0.3 is 5.97 Å². The number of ether oxygens (including phenoxy) is 2. The first-order valence-corrected chi connectivity index (χ1v) is 4.81. The minimum Gasteiger partial charge on any atom is -0.462 e. The number of hydrogen-bond acceptors (Lipinski definition) is 5. The molecular weight excluding hydrogens is 196 g/mol. The number of rotatable bonds is 4. The smallest absolute Gasteiger partial charge is 0.330 e. The average Bonchev–Trinajstić information content (AvgIpc) is 2.20. The first-order valence-electron chi connectivity index (χ1n) is 4.81. The van der Waals surface area contributed by atoms with E-state index in [1.54, 1.807) is 0 Å². The fourth-order valence-corrected chi connectivity index (χ4v) is 1.40. The first-order chi connectivity index (χ1) is 6.74. The van der Waals surface area contributed by atoms with Crippen LogP contribution >= 0.6 is 0 Å². The second-order valence-electron chi connectivity index (χ2n) is 3.37. The van der Waals surface area contributed by atoms with E-state index in [4.69, 9.17) is 9.47 Å². The van der Waals surface area contributed by atoms with E-state index in [1.165, 1.54) is 6.08 Å².